The Bertz CT molecular complexity index is 566. The second kappa shape index (κ2) is 6.34. The number of nitrogens with one attached hydrogen (secondary N) is 1. The summed E-state index contributed by atoms with van der Waals surface area (Å²) in [6.07, 6.45) is 1.44. The van der Waals surface area contributed by atoms with Crippen molar-refractivity contribution in [2.24, 2.45) is 0 Å². The zero-order chi connectivity index (χ0) is 14.5. The Morgan fingerprint density at radius 3 is 2.70 bits per heavy atom. The van der Waals surface area contributed by atoms with Gasteiger partial charge < -0.3 is 15.0 Å². The predicted molar refractivity (Wildman–Crippen MR) is 76.3 cm³/mol. The summed E-state index contributed by atoms with van der Waals surface area (Å²) in [4.78, 5) is 20.6. The summed E-state index contributed by atoms with van der Waals surface area (Å²) in [6, 6.07) is 9.45. The summed E-state index contributed by atoms with van der Waals surface area (Å²) in [7, 11) is 1.72. The molecule has 2 N–H and O–H groups in total. The van der Waals surface area contributed by atoms with Crippen LogP contribution in [0.5, 0.6) is 0 Å². The van der Waals surface area contributed by atoms with Crippen LogP contribution in [0.1, 0.15) is 34.3 Å². The Morgan fingerprint density at radius 2 is 2.10 bits per heavy atom. The normalized spacial score (nSPS) is 12.2. The van der Waals surface area contributed by atoms with Gasteiger partial charge >= 0.3 is 0 Å². The van der Waals surface area contributed by atoms with E-state index < -0.39 is 6.10 Å². The molecule has 0 aliphatic rings. The second-order valence-corrected chi connectivity index (χ2v) is 4.82. The molecule has 0 fully saturated rings. The van der Waals surface area contributed by atoms with E-state index in [1.54, 1.807) is 11.9 Å². The highest BCUT2D eigenvalue weighted by molar-refractivity contribution is 5.93. The quantitative estimate of drug-likeness (QED) is 0.874. The lowest BCUT2D eigenvalue weighted by Gasteiger charge is -2.19. The van der Waals surface area contributed by atoms with Crippen molar-refractivity contribution in [1.29, 1.82) is 0 Å². The number of aliphatic hydroxyl groups excluding tert-OH is 1. The van der Waals surface area contributed by atoms with Gasteiger partial charge in [-0.1, -0.05) is 30.3 Å². The van der Waals surface area contributed by atoms with Crippen molar-refractivity contribution in [3.8, 4) is 0 Å². The summed E-state index contributed by atoms with van der Waals surface area (Å²) in [5.74, 6) is -0.135. The van der Waals surface area contributed by atoms with Gasteiger partial charge in [-0.05, 0) is 18.9 Å². The molecule has 0 unspecified atom stereocenters. The van der Waals surface area contributed by atoms with Crippen molar-refractivity contribution >= 4 is 5.91 Å². The van der Waals surface area contributed by atoms with Gasteiger partial charge in [0.1, 0.15) is 5.69 Å². The third kappa shape index (κ3) is 3.24. The maximum Gasteiger partial charge on any atom is 0.274 e. The molecule has 106 valence electrons. The third-order valence-corrected chi connectivity index (χ3v) is 3.30. The van der Waals surface area contributed by atoms with Gasteiger partial charge in [-0.15, -0.1) is 0 Å². The molecular formula is C15H19N3O2. The minimum Gasteiger partial charge on any atom is -0.388 e. The first kappa shape index (κ1) is 14.3. The number of aromatic nitrogens is 2. The van der Waals surface area contributed by atoms with Crippen LogP contribution in [-0.2, 0) is 0 Å². The van der Waals surface area contributed by atoms with Crippen LogP contribution in [0.2, 0.25) is 0 Å². The molecule has 0 saturated heterocycles. The molecule has 0 saturated carbocycles. The fraction of sp³-hybridized carbons (Fsp3) is 0.333. The monoisotopic (exact) mass is 273 g/mol. The number of nitrogens with zero attached hydrogens (tertiary/aromatic N) is 2. The van der Waals surface area contributed by atoms with Crippen molar-refractivity contribution in [3.63, 3.8) is 0 Å². The van der Waals surface area contributed by atoms with Gasteiger partial charge in [0, 0.05) is 19.3 Å². The first-order valence-electron chi connectivity index (χ1n) is 6.58. The van der Waals surface area contributed by atoms with Crippen molar-refractivity contribution in [2.45, 2.75) is 19.4 Å². The number of benzene rings is 1. The lowest BCUT2D eigenvalue weighted by molar-refractivity contribution is 0.0755. The van der Waals surface area contributed by atoms with E-state index >= 15 is 0 Å². The van der Waals surface area contributed by atoms with Crippen LogP contribution in [0.4, 0.5) is 0 Å². The first-order valence-corrected chi connectivity index (χ1v) is 6.58. The summed E-state index contributed by atoms with van der Waals surface area (Å²) < 4.78 is 0. The number of imidazole rings is 1. The number of aromatic amines is 1. The number of carbonyl (C=O) groups is 1. The molecule has 20 heavy (non-hydrogen) atoms. The summed E-state index contributed by atoms with van der Waals surface area (Å²) in [6.45, 7) is 2.29. The molecule has 0 aliphatic heterocycles. The number of hydrogen-bond donors (Lipinski definition) is 2. The largest absolute Gasteiger partial charge is 0.388 e. The summed E-state index contributed by atoms with van der Waals surface area (Å²) in [5.41, 5.74) is 2.05. The van der Waals surface area contributed by atoms with E-state index in [1.807, 2.05) is 37.3 Å². The highest BCUT2D eigenvalue weighted by atomic mass is 16.3. The molecule has 0 radical (unpaired) electrons. The molecule has 1 aromatic carbocycles. The summed E-state index contributed by atoms with van der Waals surface area (Å²) in [5, 5.41) is 10.1. The molecule has 2 rings (SSSR count). The fourth-order valence-electron chi connectivity index (χ4n) is 2.01. The first-order chi connectivity index (χ1) is 9.59. The van der Waals surface area contributed by atoms with Crippen LogP contribution in [0.15, 0.2) is 36.7 Å². The van der Waals surface area contributed by atoms with E-state index in [2.05, 4.69) is 9.97 Å². The van der Waals surface area contributed by atoms with Crippen molar-refractivity contribution in [1.82, 2.24) is 14.9 Å². The van der Waals surface area contributed by atoms with Gasteiger partial charge in [0.2, 0.25) is 0 Å². The zero-order valence-corrected chi connectivity index (χ0v) is 11.7. The van der Waals surface area contributed by atoms with Gasteiger partial charge in [-0.25, -0.2) is 4.98 Å². The van der Waals surface area contributed by atoms with Gasteiger partial charge in [0.25, 0.3) is 5.91 Å². The maximum atomic E-state index is 12.1. The molecular weight excluding hydrogens is 254 g/mol. The van der Waals surface area contributed by atoms with Gasteiger partial charge in [0.15, 0.2) is 0 Å². The molecule has 1 atom stereocenters. The average molecular weight is 273 g/mol. The SMILES string of the molecule is Cc1[nH]cnc1C(=O)N(C)CC[C@@H](O)c1ccccc1. The molecule has 0 spiro atoms. The van der Waals surface area contributed by atoms with Crippen LogP contribution in [-0.4, -0.2) is 39.5 Å². The van der Waals surface area contributed by atoms with E-state index in [0.717, 1.165) is 11.3 Å². The lowest BCUT2D eigenvalue weighted by Crippen LogP contribution is -2.29. The number of aliphatic hydroxyl groups is 1. The van der Waals surface area contributed by atoms with Gasteiger partial charge in [-0.3, -0.25) is 4.79 Å². The zero-order valence-electron chi connectivity index (χ0n) is 11.7. The molecule has 5 heteroatoms. The molecule has 0 bridgehead atoms. The molecule has 1 amide bonds. The van der Waals surface area contributed by atoms with Crippen LogP contribution in [0.25, 0.3) is 0 Å². The topological polar surface area (TPSA) is 69.2 Å². The summed E-state index contributed by atoms with van der Waals surface area (Å²) >= 11 is 0. The Kier molecular flexibility index (Phi) is 4.53. The van der Waals surface area contributed by atoms with E-state index in [-0.39, 0.29) is 5.91 Å². The number of H-pyrrole nitrogens is 1. The maximum absolute atomic E-state index is 12.1. The Balaban J connectivity index is 1.91. The minimum absolute atomic E-state index is 0.135. The van der Waals surface area contributed by atoms with Crippen LogP contribution in [0, 0.1) is 6.92 Å². The Labute approximate surface area is 118 Å². The highest BCUT2D eigenvalue weighted by Crippen LogP contribution is 2.16. The van der Waals surface area contributed by atoms with E-state index in [4.69, 9.17) is 0 Å². The molecule has 5 nitrogen and oxygen atoms in total. The number of aryl methyl sites for hydroxylation is 1. The second-order valence-electron chi connectivity index (χ2n) is 4.82. The van der Waals surface area contributed by atoms with E-state index in [9.17, 15) is 9.90 Å². The van der Waals surface area contributed by atoms with Crippen LogP contribution >= 0.6 is 0 Å². The standard InChI is InChI=1S/C15H19N3O2/c1-11-14(17-10-16-11)15(20)18(2)9-8-13(19)12-6-4-3-5-7-12/h3-7,10,13,19H,8-9H2,1-2H3,(H,16,17)/t13-/m1/s1. The van der Waals surface area contributed by atoms with Crippen molar-refractivity contribution < 1.29 is 9.90 Å². The Morgan fingerprint density at radius 1 is 1.40 bits per heavy atom. The average Bonchev–Trinajstić information content (AvgIpc) is 2.90. The highest BCUT2D eigenvalue weighted by Gasteiger charge is 2.17. The van der Waals surface area contributed by atoms with Crippen molar-refractivity contribution in [2.75, 3.05) is 13.6 Å². The number of hydrogen-bond acceptors (Lipinski definition) is 3. The lowest BCUT2D eigenvalue weighted by atomic mass is 10.1. The molecule has 1 aromatic heterocycles. The van der Waals surface area contributed by atoms with Crippen LogP contribution < -0.4 is 0 Å². The molecule has 1 heterocycles. The predicted octanol–water partition coefficient (Wildman–Crippen LogP) is 1.91. The smallest absolute Gasteiger partial charge is 0.274 e. The van der Waals surface area contributed by atoms with Crippen LogP contribution in [0.3, 0.4) is 0 Å². The van der Waals surface area contributed by atoms with Crippen molar-refractivity contribution in [3.05, 3.63) is 53.6 Å². The molecule has 2 aromatic rings. The minimum atomic E-state index is -0.563. The van der Waals surface area contributed by atoms with Gasteiger partial charge in [-0.2, -0.15) is 0 Å². The number of rotatable bonds is 5. The van der Waals surface area contributed by atoms with Gasteiger partial charge in [0.05, 0.1) is 12.4 Å². The fourth-order valence-corrected chi connectivity index (χ4v) is 2.01. The number of carbonyl (C=O) groups excluding carboxylic acids is 1. The molecule has 0 aliphatic carbocycles. The Hall–Kier alpha value is -2.14. The van der Waals surface area contributed by atoms with E-state index in [0.29, 0.717) is 18.7 Å². The number of amides is 1. The van der Waals surface area contributed by atoms with E-state index in [1.165, 1.54) is 6.33 Å². The third-order valence-electron chi connectivity index (χ3n) is 3.30.